The van der Waals surface area contributed by atoms with Gasteiger partial charge in [0.15, 0.2) is 0 Å². The van der Waals surface area contributed by atoms with Crippen LogP contribution in [0.3, 0.4) is 0 Å². The molecule has 0 spiro atoms. The van der Waals surface area contributed by atoms with Crippen molar-refractivity contribution in [3.63, 3.8) is 0 Å². The number of sulfonamides is 1. The van der Waals surface area contributed by atoms with Gasteiger partial charge >= 0.3 is 0 Å². The fourth-order valence-corrected chi connectivity index (χ4v) is 4.91. The van der Waals surface area contributed by atoms with Gasteiger partial charge in [-0.25, -0.2) is 12.8 Å². The van der Waals surface area contributed by atoms with Crippen LogP contribution >= 0.6 is 11.8 Å². The lowest BCUT2D eigenvalue weighted by atomic mass is 10.2. The van der Waals surface area contributed by atoms with Crippen LogP contribution in [-0.2, 0) is 16.6 Å². The van der Waals surface area contributed by atoms with Crippen molar-refractivity contribution in [1.82, 2.24) is 4.31 Å². The minimum absolute atomic E-state index is 0.0311. The molecule has 1 N–H and O–H groups in total. The van der Waals surface area contributed by atoms with Crippen LogP contribution in [0.2, 0.25) is 0 Å². The van der Waals surface area contributed by atoms with Gasteiger partial charge in [0.2, 0.25) is 10.0 Å². The zero-order chi connectivity index (χ0) is 17.9. The number of nitrogens with zero attached hydrogens (tertiary/aromatic N) is 1. The Morgan fingerprint density at radius 2 is 1.80 bits per heavy atom. The Kier molecular flexibility index (Phi) is 5.78. The molecule has 2 aromatic carbocycles. The molecule has 0 aliphatic carbocycles. The fraction of sp³-hybridized carbons (Fsp3) is 0.333. The summed E-state index contributed by atoms with van der Waals surface area (Å²) in [6.07, 6.45) is 2.05. The third-order valence-corrected chi connectivity index (χ3v) is 7.11. The normalized spacial score (nSPS) is 16.9. The average molecular weight is 382 g/mol. The number of nitrogens with one attached hydrogen (secondary N) is 1. The van der Waals surface area contributed by atoms with Crippen LogP contribution in [0, 0.1) is 5.82 Å². The molecular formula is C18H22FN2O2S2+. The summed E-state index contributed by atoms with van der Waals surface area (Å²) in [4.78, 5) is 2.64. The standard InChI is InChI=1S/C18H21FN2O2S2/c1-24-17-7-5-15(6-8-17)14-20-9-11-21(12-10-20)25(22,23)18-4-2-3-16(19)13-18/h2-8,13H,9-12,14H2,1H3/p+1. The van der Waals surface area contributed by atoms with Crippen molar-refractivity contribution in [3.05, 3.63) is 59.9 Å². The molecule has 25 heavy (non-hydrogen) atoms. The molecule has 0 bridgehead atoms. The van der Waals surface area contributed by atoms with Crippen LogP contribution < -0.4 is 4.90 Å². The van der Waals surface area contributed by atoms with E-state index in [4.69, 9.17) is 0 Å². The number of piperazine rings is 1. The minimum atomic E-state index is -3.61. The van der Waals surface area contributed by atoms with E-state index in [2.05, 4.69) is 30.5 Å². The van der Waals surface area contributed by atoms with Crippen molar-refractivity contribution < 1.29 is 17.7 Å². The van der Waals surface area contributed by atoms with E-state index in [1.807, 2.05) is 0 Å². The van der Waals surface area contributed by atoms with E-state index < -0.39 is 15.8 Å². The van der Waals surface area contributed by atoms with Gasteiger partial charge in [0.05, 0.1) is 31.1 Å². The van der Waals surface area contributed by atoms with Gasteiger partial charge in [-0.3, -0.25) is 0 Å². The summed E-state index contributed by atoms with van der Waals surface area (Å²) in [6, 6.07) is 13.7. The van der Waals surface area contributed by atoms with Crippen molar-refractivity contribution in [2.75, 3.05) is 32.4 Å². The fourth-order valence-electron chi connectivity index (χ4n) is 3.03. The summed E-state index contributed by atoms with van der Waals surface area (Å²) in [6.45, 7) is 3.30. The van der Waals surface area contributed by atoms with Crippen molar-refractivity contribution in [3.8, 4) is 0 Å². The molecule has 0 saturated carbocycles. The maximum absolute atomic E-state index is 13.3. The highest BCUT2D eigenvalue weighted by atomic mass is 32.2. The number of halogens is 1. The van der Waals surface area contributed by atoms with E-state index >= 15 is 0 Å². The first kappa shape index (κ1) is 18.4. The summed E-state index contributed by atoms with van der Waals surface area (Å²) in [5, 5.41) is 0. The Morgan fingerprint density at radius 1 is 1.12 bits per heavy atom. The second-order valence-corrected chi connectivity index (χ2v) is 8.95. The second-order valence-electron chi connectivity index (χ2n) is 6.14. The molecule has 1 heterocycles. The topological polar surface area (TPSA) is 41.8 Å². The summed E-state index contributed by atoms with van der Waals surface area (Å²) in [5.74, 6) is -0.529. The molecule has 3 rings (SSSR count). The molecule has 1 aliphatic rings. The lowest BCUT2D eigenvalue weighted by Gasteiger charge is -2.31. The Balaban J connectivity index is 1.61. The van der Waals surface area contributed by atoms with E-state index in [0.717, 1.165) is 25.7 Å². The largest absolute Gasteiger partial charge is 0.329 e. The van der Waals surface area contributed by atoms with Gasteiger partial charge in [-0.05, 0) is 36.6 Å². The van der Waals surface area contributed by atoms with E-state index in [-0.39, 0.29) is 4.90 Å². The quantitative estimate of drug-likeness (QED) is 0.801. The molecule has 134 valence electrons. The Hall–Kier alpha value is -1.41. The molecule has 1 aliphatic heterocycles. The first-order chi connectivity index (χ1) is 12.0. The van der Waals surface area contributed by atoms with Crippen molar-refractivity contribution >= 4 is 21.8 Å². The second kappa shape index (κ2) is 7.86. The monoisotopic (exact) mass is 381 g/mol. The minimum Gasteiger partial charge on any atom is -0.329 e. The summed E-state index contributed by atoms with van der Waals surface area (Å²) >= 11 is 1.72. The SMILES string of the molecule is CSc1ccc(C[NH+]2CCN(S(=O)(=O)c3cccc(F)c3)CC2)cc1. The number of hydrogen-bond donors (Lipinski definition) is 1. The Labute approximate surface area is 152 Å². The van der Waals surface area contributed by atoms with Gasteiger partial charge < -0.3 is 4.90 Å². The maximum Gasteiger partial charge on any atom is 0.243 e. The van der Waals surface area contributed by atoms with Gasteiger partial charge in [-0.1, -0.05) is 18.2 Å². The summed E-state index contributed by atoms with van der Waals surface area (Å²) in [5.41, 5.74) is 1.26. The van der Waals surface area contributed by atoms with Crippen LogP contribution in [0.1, 0.15) is 5.56 Å². The van der Waals surface area contributed by atoms with Crippen molar-refractivity contribution in [1.29, 1.82) is 0 Å². The molecule has 0 unspecified atom stereocenters. The first-order valence-electron chi connectivity index (χ1n) is 8.21. The highest BCUT2D eigenvalue weighted by Crippen LogP contribution is 2.17. The lowest BCUT2D eigenvalue weighted by Crippen LogP contribution is -3.13. The third kappa shape index (κ3) is 4.41. The molecule has 0 atom stereocenters. The number of rotatable bonds is 5. The lowest BCUT2D eigenvalue weighted by molar-refractivity contribution is -0.917. The average Bonchev–Trinajstić information content (AvgIpc) is 2.63. The molecular weight excluding hydrogens is 359 g/mol. The summed E-state index contributed by atoms with van der Waals surface area (Å²) in [7, 11) is -3.61. The Bertz CT molecular complexity index is 817. The van der Waals surface area contributed by atoms with Crippen LogP contribution in [0.25, 0.3) is 0 Å². The van der Waals surface area contributed by atoms with E-state index in [9.17, 15) is 12.8 Å². The molecule has 0 amide bonds. The third-order valence-electron chi connectivity index (χ3n) is 4.48. The first-order valence-corrected chi connectivity index (χ1v) is 10.9. The molecule has 7 heteroatoms. The molecule has 1 saturated heterocycles. The highest BCUT2D eigenvalue weighted by molar-refractivity contribution is 7.98. The molecule has 1 fully saturated rings. The molecule has 2 aromatic rings. The van der Waals surface area contributed by atoms with Crippen LogP contribution in [0.5, 0.6) is 0 Å². The number of benzene rings is 2. The van der Waals surface area contributed by atoms with Crippen LogP contribution in [0.4, 0.5) is 4.39 Å². The Morgan fingerprint density at radius 3 is 2.40 bits per heavy atom. The van der Waals surface area contributed by atoms with Crippen LogP contribution in [-0.4, -0.2) is 45.2 Å². The van der Waals surface area contributed by atoms with Crippen molar-refractivity contribution in [2.45, 2.75) is 16.3 Å². The smallest absolute Gasteiger partial charge is 0.243 e. The highest BCUT2D eigenvalue weighted by Gasteiger charge is 2.30. The summed E-state index contributed by atoms with van der Waals surface area (Å²) < 4.78 is 40.0. The number of quaternary nitrogens is 1. The molecule has 0 aromatic heterocycles. The molecule has 4 nitrogen and oxygen atoms in total. The predicted octanol–water partition coefficient (Wildman–Crippen LogP) is 1.64. The van der Waals surface area contributed by atoms with Crippen molar-refractivity contribution in [2.24, 2.45) is 0 Å². The predicted molar refractivity (Wildman–Crippen MR) is 97.8 cm³/mol. The molecule has 0 radical (unpaired) electrons. The van der Waals surface area contributed by atoms with E-state index in [1.54, 1.807) is 11.8 Å². The van der Waals surface area contributed by atoms with Gasteiger partial charge in [0, 0.05) is 10.5 Å². The van der Waals surface area contributed by atoms with Crippen LogP contribution in [0.15, 0.2) is 58.3 Å². The number of thioether (sulfide) groups is 1. The zero-order valence-electron chi connectivity index (χ0n) is 14.1. The van der Waals surface area contributed by atoms with Gasteiger partial charge in [-0.2, -0.15) is 4.31 Å². The van der Waals surface area contributed by atoms with Gasteiger partial charge in [-0.15, -0.1) is 11.8 Å². The zero-order valence-corrected chi connectivity index (χ0v) is 15.7. The van der Waals surface area contributed by atoms with E-state index in [1.165, 1.54) is 37.9 Å². The maximum atomic E-state index is 13.3. The van der Waals surface area contributed by atoms with Gasteiger partial charge in [0.25, 0.3) is 0 Å². The number of hydrogen-bond acceptors (Lipinski definition) is 3. The van der Waals surface area contributed by atoms with E-state index in [0.29, 0.717) is 13.1 Å². The van der Waals surface area contributed by atoms with Gasteiger partial charge in [0.1, 0.15) is 12.4 Å².